The summed E-state index contributed by atoms with van der Waals surface area (Å²) < 4.78 is 19.1. The zero-order chi connectivity index (χ0) is 16.4. The standard InChI is InChI=1S/C16H18FN3O3/c1-9-10(2)19-15-12(7-11(17)8-13(15)18-9)16(21)20-23-14-5-3-4-6-22-14/h7-8,14H,3-6H2,1-2H3,(H,20,21)/t14-/m0/s1. The molecule has 7 heteroatoms. The minimum absolute atomic E-state index is 0.0893. The van der Waals surface area contributed by atoms with Crippen LogP contribution in [-0.4, -0.2) is 28.8 Å². The Morgan fingerprint density at radius 2 is 2.09 bits per heavy atom. The number of hydrogen-bond donors (Lipinski definition) is 1. The number of benzene rings is 1. The van der Waals surface area contributed by atoms with E-state index in [4.69, 9.17) is 9.57 Å². The highest BCUT2D eigenvalue weighted by molar-refractivity contribution is 6.04. The van der Waals surface area contributed by atoms with Gasteiger partial charge in [0.1, 0.15) is 11.3 Å². The van der Waals surface area contributed by atoms with Crippen LogP contribution in [0.2, 0.25) is 0 Å². The Hall–Kier alpha value is -2.12. The lowest BCUT2D eigenvalue weighted by atomic mass is 10.1. The second kappa shape index (κ2) is 6.55. The predicted molar refractivity (Wildman–Crippen MR) is 81.1 cm³/mol. The zero-order valence-corrected chi connectivity index (χ0v) is 13.1. The number of nitrogens with zero attached hydrogens (tertiary/aromatic N) is 2. The summed E-state index contributed by atoms with van der Waals surface area (Å²) in [6, 6.07) is 2.39. The first-order valence-corrected chi connectivity index (χ1v) is 7.56. The summed E-state index contributed by atoms with van der Waals surface area (Å²) in [6.45, 7) is 4.18. The maximum Gasteiger partial charge on any atom is 0.277 e. The molecule has 1 aromatic heterocycles. The molecule has 2 heterocycles. The molecule has 2 aromatic rings. The van der Waals surface area contributed by atoms with Gasteiger partial charge in [-0.2, -0.15) is 0 Å². The number of hydroxylamine groups is 1. The van der Waals surface area contributed by atoms with Crippen molar-refractivity contribution in [1.82, 2.24) is 15.4 Å². The van der Waals surface area contributed by atoms with Crippen molar-refractivity contribution in [3.63, 3.8) is 0 Å². The van der Waals surface area contributed by atoms with Gasteiger partial charge in [0.25, 0.3) is 5.91 Å². The van der Waals surface area contributed by atoms with E-state index in [1.165, 1.54) is 6.07 Å². The van der Waals surface area contributed by atoms with Crippen molar-refractivity contribution in [2.45, 2.75) is 39.4 Å². The number of ether oxygens (including phenoxy) is 1. The van der Waals surface area contributed by atoms with Crippen LogP contribution in [0.25, 0.3) is 11.0 Å². The smallest absolute Gasteiger partial charge is 0.277 e. The minimum Gasteiger partial charge on any atom is -0.350 e. The predicted octanol–water partition coefficient (Wildman–Crippen LogP) is 2.57. The molecule has 1 amide bonds. The number of carbonyl (C=O) groups is 1. The van der Waals surface area contributed by atoms with E-state index in [-0.39, 0.29) is 5.56 Å². The van der Waals surface area contributed by atoms with Gasteiger partial charge in [-0.25, -0.2) is 24.7 Å². The van der Waals surface area contributed by atoms with E-state index in [0.717, 1.165) is 18.9 Å². The van der Waals surface area contributed by atoms with E-state index in [1.54, 1.807) is 13.8 Å². The van der Waals surface area contributed by atoms with Crippen LogP contribution in [0.5, 0.6) is 0 Å². The molecule has 1 aliphatic heterocycles. The molecule has 1 aliphatic rings. The van der Waals surface area contributed by atoms with Crippen molar-refractivity contribution < 1.29 is 18.8 Å². The molecule has 0 radical (unpaired) electrons. The molecule has 0 unspecified atom stereocenters. The SMILES string of the molecule is Cc1nc2cc(F)cc(C(=O)NO[C@H]3CCCCO3)c2nc1C. The monoisotopic (exact) mass is 319 g/mol. The van der Waals surface area contributed by atoms with Crippen LogP contribution in [0.4, 0.5) is 4.39 Å². The number of aromatic nitrogens is 2. The van der Waals surface area contributed by atoms with E-state index < -0.39 is 18.0 Å². The number of carbonyl (C=O) groups excluding carboxylic acids is 1. The summed E-state index contributed by atoms with van der Waals surface area (Å²) in [5, 5.41) is 0. The largest absolute Gasteiger partial charge is 0.350 e. The van der Waals surface area contributed by atoms with Gasteiger partial charge in [-0.3, -0.25) is 4.79 Å². The fraction of sp³-hybridized carbons (Fsp3) is 0.438. The lowest BCUT2D eigenvalue weighted by Gasteiger charge is -2.22. The number of amides is 1. The van der Waals surface area contributed by atoms with Crippen molar-refractivity contribution in [1.29, 1.82) is 0 Å². The van der Waals surface area contributed by atoms with Gasteiger partial charge in [0.05, 0.1) is 22.5 Å². The van der Waals surface area contributed by atoms with Crippen LogP contribution >= 0.6 is 0 Å². The molecular formula is C16H18FN3O3. The van der Waals surface area contributed by atoms with Crippen molar-refractivity contribution in [2.75, 3.05) is 6.61 Å². The van der Waals surface area contributed by atoms with Crippen LogP contribution in [0.15, 0.2) is 12.1 Å². The summed E-state index contributed by atoms with van der Waals surface area (Å²) in [7, 11) is 0. The van der Waals surface area contributed by atoms with E-state index in [0.29, 0.717) is 35.4 Å². The lowest BCUT2D eigenvalue weighted by molar-refractivity contribution is -0.186. The summed E-state index contributed by atoms with van der Waals surface area (Å²) in [6.07, 6.45) is 2.20. The van der Waals surface area contributed by atoms with Crippen molar-refractivity contribution >= 4 is 16.9 Å². The van der Waals surface area contributed by atoms with E-state index in [9.17, 15) is 9.18 Å². The Bertz CT molecular complexity index is 745. The molecule has 3 rings (SSSR count). The van der Waals surface area contributed by atoms with Gasteiger partial charge >= 0.3 is 0 Å². The van der Waals surface area contributed by atoms with Crippen LogP contribution in [0.1, 0.15) is 41.0 Å². The summed E-state index contributed by atoms with van der Waals surface area (Å²) >= 11 is 0. The first-order chi connectivity index (χ1) is 11.0. The third kappa shape index (κ3) is 3.46. The molecule has 1 N–H and O–H groups in total. The van der Waals surface area contributed by atoms with Crippen molar-refractivity contribution in [3.05, 3.63) is 34.9 Å². The zero-order valence-electron chi connectivity index (χ0n) is 13.1. The first-order valence-electron chi connectivity index (χ1n) is 7.56. The fourth-order valence-corrected chi connectivity index (χ4v) is 2.45. The third-order valence-electron chi connectivity index (χ3n) is 3.81. The number of aryl methyl sites for hydroxylation is 2. The molecule has 6 nitrogen and oxygen atoms in total. The third-order valence-corrected chi connectivity index (χ3v) is 3.81. The number of halogens is 1. The first kappa shape index (κ1) is 15.8. The molecule has 122 valence electrons. The quantitative estimate of drug-likeness (QED) is 0.880. The number of hydrogen-bond acceptors (Lipinski definition) is 5. The number of nitrogens with one attached hydrogen (secondary N) is 1. The van der Waals surface area contributed by atoms with Gasteiger partial charge in [0.15, 0.2) is 6.29 Å². The van der Waals surface area contributed by atoms with Gasteiger partial charge in [0, 0.05) is 19.1 Å². The summed E-state index contributed by atoms with van der Waals surface area (Å²) in [4.78, 5) is 26.2. The molecule has 1 atom stereocenters. The van der Waals surface area contributed by atoms with Gasteiger partial charge in [-0.1, -0.05) is 0 Å². The lowest BCUT2D eigenvalue weighted by Crippen LogP contribution is -2.33. The molecule has 1 fully saturated rings. The highest BCUT2D eigenvalue weighted by Crippen LogP contribution is 2.19. The Kier molecular flexibility index (Phi) is 4.49. The average molecular weight is 319 g/mol. The summed E-state index contributed by atoms with van der Waals surface area (Å²) in [5.41, 5.74) is 4.49. The Labute approximate surface area is 133 Å². The topological polar surface area (TPSA) is 73.3 Å². The minimum atomic E-state index is -0.568. The Morgan fingerprint density at radius 1 is 1.30 bits per heavy atom. The molecule has 0 saturated carbocycles. The van der Waals surface area contributed by atoms with Gasteiger partial charge in [-0.15, -0.1) is 0 Å². The number of fused-ring (bicyclic) bond motifs is 1. The van der Waals surface area contributed by atoms with Gasteiger partial charge in [-0.05, 0) is 32.8 Å². The van der Waals surface area contributed by atoms with Crippen LogP contribution < -0.4 is 5.48 Å². The van der Waals surface area contributed by atoms with Crippen molar-refractivity contribution in [3.8, 4) is 0 Å². The molecule has 1 aromatic carbocycles. The molecular weight excluding hydrogens is 301 g/mol. The maximum absolute atomic E-state index is 13.8. The highest BCUT2D eigenvalue weighted by atomic mass is 19.1. The van der Waals surface area contributed by atoms with Gasteiger partial charge in [0.2, 0.25) is 0 Å². The van der Waals surface area contributed by atoms with Crippen LogP contribution in [0.3, 0.4) is 0 Å². The Morgan fingerprint density at radius 3 is 2.83 bits per heavy atom. The van der Waals surface area contributed by atoms with Gasteiger partial charge < -0.3 is 4.74 Å². The maximum atomic E-state index is 13.8. The molecule has 23 heavy (non-hydrogen) atoms. The molecule has 0 bridgehead atoms. The normalized spacial score (nSPS) is 18.1. The second-order valence-electron chi connectivity index (χ2n) is 5.56. The van der Waals surface area contributed by atoms with E-state index in [2.05, 4.69) is 15.4 Å². The highest BCUT2D eigenvalue weighted by Gasteiger charge is 2.19. The van der Waals surface area contributed by atoms with Crippen molar-refractivity contribution in [2.24, 2.45) is 0 Å². The summed E-state index contributed by atoms with van der Waals surface area (Å²) in [5.74, 6) is -1.12. The van der Waals surface area contributed by atoms with Crippen LogP contribution in [-0.2, 0) is 9.57 Å². The average Bonchev–Trinajstić information content (AvgIpc) is 2.54. The molecule has 0 aliphatic carbocycles. The fourth-order valence-electron chi connectivity index (χ4n) is 2.45. The van der Waals surface area contributed by atoms with Crippen LogP contribution in [0, 0.1) is 19.7 Å². The molecule has 1 saturated heterocycles. The van der Waals surface area contributed by atoms with E-state index >= 15 is 0 Å². The molecule has 0 spiro atoms. The Balaban J connectivity index is 1.85. The number of rotatable bonds is 3. The second-order valence-corrected chi connectivity index (χ2v) is 5.56. The van der Waals surface area contributed by atoms with E-state index in [1.807, 2.05) is 0 Å².